The van der Waals surface area contributed by atoms with E-state index in [0.717, 1.165) is 5.69 Å². The molecule has 0 radical (unpaired) electrons. The lowest BCUT2D eigenvalue weighted by atomic mass is 10.1. The van der Waals surface area contributed by atoms with Gasteiger partial charge in [0.2, 0.25) is 5.78 Å². The van der Waals surface area contributed by atoms with E-state index in [1.807, 2.05) is 11.5 Å². The summed E-state index contributed by atoms with van der Waals surface area (Å²) in [5.41, 5.74) is 2.30. The largest absolute Gasteiger partial charge is 0.497 e. The summed E-state index contributed by atoms with van der Waals surface area (Å²) in [6, 6.07) is 7.98. The number of nitrogens with zero attached hydrogens (tertiary/aromatic N) is 1. The van der Waals surface area contributed by atoms with Crippen molar-refractivity contribution in [2.45, 2.75) is 26.3 Å². The normalized spacial score (nSPS) is 18.0. The average molecular weight is 405 g/mol. The van der Waals surface area contributed by atoms with Gasteiger partial charge in [0.15, 0.2) is 16.4 Å². The van der Waals surface area contributed by atoms with Crippen molar-refractivity contribution in [1.29, 1.82) is 0 Å². The highest BCUT2D eigenvalue weighted by Crippen LogP contribution is 2.29. The van der Waals surface area contributed by atoms with Gasteiger partial charge in [0.25, 0.3) is 0 Å². The number of methoxy groups -OCH3 is 1. The number of aryl methyl sites for hydroxylation is 1. The molecule has 0 saturated carbocycles. The Morgan fingerprint density at radius 2 is 1.86 bits per heavy atom. The van der Waals surface area contributed by atoms with Crippen molar-refractivity contribution >= 4 is 21.6 Å². The zero-order valence-electron chi connectivity index (χ0n) is 16.1. The van der Waals surface area contributed by atoms with Crippen LogP contribution in [0.5, 0.6) is 5.75 Å². The Morgan fingerprint density at radius 1 is 1.18 bits per heavy atom. The Kier molecular flexibility index (Phi) is 5.60. The van der Waals surface area contributed by atoms with Crippen LogP contribution in [0.25, 0.3) is 0 Å². The van der Waals surface area contributed by atoms with Crippen molar-refractivity contribution in [2.75, 3.05) is 25.2 Å². The van der Waals surface area contributed by atoms with Crippen LogP contribution in [0, 0.1) is 13.8 Å². The fourth-order valence-corrected chi connectivity index (χ4v) is 5.32. The molecule has 0 unspecified atom stereocenters. The summed E-state index contributed by atoms with van der Waals surface area (Å²) in [5, 5.41) is 0. The van der Waals surface area contributed by atoms with Crippen molar-refractivity contribution in [2.24, 2.45) is 0 Å². The lowest BCUT2D eigenvalue weighted by molar-refractivity contribution is 0.0474. The molecule has 0 bridgehead atoms. The Labute approximate surface area is 164 Å². The van der Waals surface area contributed by atoms with Gasteiger partial charge in [-0.15, -0.1) is 0 Å². The molecule has 1 atom stereocenters. The Hall–Kier alpha value is -2.61. The topological polar surface area (TPSA) is 91.7 Å². The van der Waals surface area contributed by atoms with Crippen molar-refractivity contribution in [3.63, 3.8) is 0 Å². The maximum Gasteiger partial charge on any atom is 0.338 e. The number of sulfone groups is 1. The van der Waals surface area contributed by atoms with Crippen LogP contribution in [-0.2, 0) is 14.6 Å². The summed E-state index contributed by atoms with van der Waals surface area (Å²) >= 11 is 0. The molecular formula is C20H23NO6S. The number of ether oxygens (including phenoxy) is 2. The Morgan fingerprint density at radius 3 is 2.43 bits per heavy atom. The number of carbonyl (C=O) groups excluding carboxylic acids is 2. The molecule has 0 spiro atoms. The number of ketones is 1. The Balaban J connectivity index is 1.69. The standard InChI is InChI=1S/C20H23NO6S/c1-13-10-18(14(2)21(13)16-8-9-28(24,25)12-16)19(22)11-27-20(23)15-4-6-17(26-3)7-5-15/h4-7,10,16H,8-9,11-12H2,1-3H3/t16-/m1/s1. The monoisotopic (exact) mass is 405 g/mol. The fraction of sp³-hybridized carbons (Fsp3) is 0.400. The van der Waals surface area contributed by atoms with Crippen LogP contribution in [0.2, 0.25) is 0 Å². The van der Waals surface area contributed by atoms with E-state index >= 15 is 0 Å². The van der Waals surface area contributed by atoms with Crippen LogP contribution in [-0.4, -0.2) is 50.0 Å². The molecule has 28 heavy (non-hydrogen) atoms. The first-order valence-corrected chi connectivity index (χ1v) is 10.8. The highest BCUT2D eigenvalue weighted by Gasteiger charge is 2.31. The van der Waals surface area contributed by atoms with E-state index in [0.29, 0.717) is 29.0 Å². The van der Waals surface area contributed by atoms with Gasteiger partial charge < -0.3 is 14.0 Å². The minimum Gasteiger partial charge on any atom is -0.497 e. The maximum absolute atomic E-state index is 12.6. The van der Waals surface area contributed by atoms with Crippen molar-refractivity contribution in [1.82, 2.24) is 4.57 Å². The number of esters is 1. The second-order valence-corrected chi connectivity index (χ2v) is 9.17. The maximum atomic E-state index is 12.6. The Bertz CT molecular complexity index is 1000. The van der Waals surface area contributed by atoms with Crippen LogP contribution in [0.15, 0.2) is 30.3 Å². The van der Waals surface area contributed by atoms with Gasteiger partial charge in [0, 0.05) is 23.0 Å². The van der Waals surface area contributed by atoms with Gasteiger partial charge in [-0.05, 0) is 50.6 Å². The lowest BCUT2D eigenvalue weighted by Gasteiger charge is -2.16. The van der Waals surface area contributed by atoms with Gasteiger partial charge in [-0.25, -0.2) is 13.2 Å². The van der Waals surface area contributed by atoms with Gasteiger partial charge in [-0.2, -0.15) is 0 Å². The third kappa shape index (κ3) is 4.11. The third-order valence-electron chi connectivity index (χ3n) is 5.02. The van der Waals surface area contributed by atoms with Gasteiger partial charge in [0.1, 0.15) is 5.75 Å². The summed E-state index contributed by atoms with van der Waals surface area (Å²) < 4.78 is 35.7. The second-order valence-electron chi connectivity index (χ2n) is 6.94. The molecule has 3 rings (SSSR count). The van der Waals surface area contributed by atoms with E-state index in [-0.39, 0.29) is 29.9 Å². The highest BCUT2D eigenvalue weighted by atomic mass is 32.2. The molecule has 0 amide bonds. The summed E-state index contributed by atoms with van der Waals surface area (Å²) in [6.07, 6.45) is 0.540. The summed E-state index contributed by atoms with van der Waals surface area (Å²) in [5.74, 6) is -0.0382. The van der Waals surface area contributed by atoms with Gasteiger partial charge in [0.05, 0.1) is 24.2 Å². The smallest absolute Gasteiger partial charge is 0.338 e. The molecule has 1 aromatic heterocycles. The van der Waals surface area contributed by atoms with Gasteiger partial charge in [-0.3, -0.25) is 4.79 Å². The van der Waals surface area contributed by atoms with Crippen LogP contribution in [0.3, 0.4) is 0 Å². The molecule has 0 N–H and O–H groups in total. The average Bonchev–Trinajstić information content (AvgIpc) is 3.17. The number of hydrogen-bond acceptors (Lipinski definition) is 6. The first-order chi connectivity index (χ1) is 13.2. The highest BCUT2D eigenvalue weighted by molar-refractivity contribution is 7.91. The molecule has 8 heteroatoms. The summed E-state index contributed by atoms with van der Waals surface area (Å²) in [7, 11) is -1.50. The molecule has 2 aromatic rings. The zero-order valence-corrected chi connectivity index (χ0v) is 16.9. The van der Waals surface area contributed by atoms with Crippen molar-refractivity contribution < 1.29 is 27.5 Å². The molecule has 1 saturated heterocycles. The van der Waals surface area contributed by atoms with E-state index in [9.17, 15) is 18.0 Å². The van der Waals surface area contributed by atoms with E-state index in [4.69, 9.17) is 9.47 Å². The van der Waals surface area contributed by atoms with Crippen LogP contribution in [0.1, 0.15) is 44.6 Å². The van der Waals surface area contributed by atoms with E-state index in [1.54, 1.807) is 37.3 Å². The number of aromatic nitrogens is 1. The molecule has 0 aliphatic carbocycles. The number of hydrogen-bond donors (Lipinski definition) is 0. The van der Waals surface area contributed by atoms with E-state index in [1.165, 1.54) is 7.11 Å². The van der Waals surface area contributed by atoms with E-state index in [2.05, 4.69) is 0 Å². The van der Waals surface area contributed by atoms with E-state index < -0.39 is 15.8 Å². The number of benzene rings is 1. The van der Waals surface area contributed by atoms with Crippen LogP contribution in [0.4, 0.5) is 0 Å². The minimum absolute atomic E-state index is 0.0868. The lowest BCUT2D eigenvalue weighted by Crippen LogP contribution is -2.17. The SMILES string of the molecule is COc1ccc(C(=O)OCC(=O)c2cc(C)n([C@@H]3CCS(=O)(=O)C3)c2C)cc1. The molecule has 2 heterocycles. The zero-order chi connectivity index (χ0) is 20.5. The van der Waals surface area contributed by atoms with Gasteiger partial charge >= 0.3 is 5.97 Å². The number of rotatable bonds is 6. The molecule has 7 nitrogen and oxygen atoms in total. The molecule has 1 fully saturated rings. The molecular weight excluding hydrogens is 382 g/mol. The third-order valence-corrected chi connectivity index (χ3v) is 6.77. The first-order valence-electron chi connectivity index (χ1n) is 8.95. The number of carbonyl (C=O) groups is 2. The summed E-state index contributed by atoms with van der Waals surface area (Å²) in [6.45, 7) is 3.26. The molecule has 1 aliphatic rings. The van der Waals surface area contributed by atoms with Crippen LogP contribution < -0.4 is 4.74 Å². The summed E-state index contributed by atoms with van der Waals surface area (Å²) in [4.78, 5) is 24.7. The van der Waals surface area contributed by atoms with Gasteiger partial charge in [-0.1, -0.05) is 0 Å². The fourth-order valence-electron chi connectivity index (χ4n) is 3.62. The predicted molar refractivity (Wildman–Crippen MR) is 104 cm³/mol. The molecule has 1 aliphatic heterocycles. The molecule has 1 aromatic carbocycles. The van der Waals surface area contributed by atoms with Crippen LogP contribution >= 0.6 is 0 Å². The molecule has 150 valence electrons. The second kappa shape index (κ2) is 7.79. The van der Waals surface area contributed by atoms with Crippen molar-refractivity contribution in [3.8, 4) is 5.75 Å². The first kappa shape index (κ1) is 20.1. The predicted octanol–water partition coefficient (Wildman–Crippen LogP) is 2.51. The minimum atomic E-state index is -3.03. The number of Topliss-reactive ketones (excluding diaryl/α,β-unsaturated/α-hetero) is 1. The quantitative estimate of drug-likeness (QED) is 0.542. The van der Waals surface area contributed by atoms with Crippen molar-refractivity contribution in [3.05, 3.63) is 52.8 Å².